The lowest BCUT2D eigenvalue weighted by Crippen LogP contribution is -2.25. The van der Waals surface area contributed by atoms with Crippen LogP contribution in [0, 0.1) is 0 Å². The molecule has 0 spiro atoms. The number of hydrogen-bond donors (Lipinski definition) is 2. The van der Waals surface area contributed by atoms with Gasteiger partial charge in [0.05, 0.1) is 5.69 Å². The van der Waals surface area contributed by atoms with Gasteiger partial charge in [-0.1, -0.05) is 36.4 Å². The number of fused-ring (bicyclic) bond motifs is 1. The van der Waals surface area contributed by atoms with Crippen LogP contribution in [0.25, 0.3) is 0 Å². The van der Waals surface area contributed by atoms with Crippen molar-refractivity contribution in [3.05, 3.63) is 59.7 Å². The van der Waals surface area contributed by atoms with E-state index in [9.17, 15) is 4.79 Å². The van der Waals surface area contributed by atoms with Crippen molar-refractivity contribution in [2.45, 2.75) is 18.9 Å². The molecule has 1 atom stereocenters. The van der Waals surface area contributed by atoms with E-state index in [1.807, 2.05) is 36.4 Å². The first kappa shape index (κ1) is 13.6. The van der Waals surface area contributed by atoms with Crippen molar-refractivity contribution in [2.75, 3.05) is 11.9 Å². The summed E-state index contributed by atoms with van der Waals surface area (Å²) in [6, 6.07) is 16.0. The van der Waals surface area contributed by atoms with Gasteiger partial charge in [0.2, 0.25) is 0 Å². The van der Waals surface area contributed by atoms with Crippen LogP contribution in [0.4, 0.5) is 5.69 Å². The Bertz CT molecular complexity index is 640. The van der Waals surface area contributed by atoms with Crippen molar-refractivity contribution in [2.24, 2.45) is 5.73 Å². The molecule has 3 N–H and O–H groups in total. The lowest BCUT2D eigenvalue weighted by atomic mass is 9.99. The van der Waals surface area contributed by atoms with Gasteiger partial charge >= 0.3 is 0 Å². The lowest BCUT2D eigenvalue weighted by molar-refractivity contribution is -0.118. The molecule has 1 amide bonds. The fourth-order valence-electron chi connectivity index (χ4n) is 2.46. The fourth-order valence-corrected chi connectivity index (χ4v) is 2.46. The summed E-state index contributed by atoms with van der Waals surface area (Å²) in [5, 5.41) is 2.81. The molecule has 21 heavy (non-hydrogen) atoms. The van der Waals surface area contributed by atoms with Gasteiger partial charge in [-0.15, -0.1) is 0 Å². The van der Waals surface area contributed by atoms with Crippen LogP contribution < -0.4 is 15.8 Å². The molecule has 0 fully saturated rings. The van der Waals surface area contributed by atoms with Crippen LogP contribution in [0.2, 0.25) is 0 Å². The second-order valence-electron chi connectivity index (χ2n) is 5.22. The van der Waals surface area contributed by atoms with Crippen LogP contribution in [0.5, 0.6) is 5.75 Å². The van der Waals surface area contributed by atoms with Crippen LogP contribution in [0.15, 0.2) is 48.5 Å². The van der Waals surface area contributed by atoms with Gasteiger partial charge in [0.25, 0.3) is 5.91 Å². The minimum absolute atomic E-state index is 0.0608. The predicted octanol–water partition coefficient (Wildman–Crippen LogP) is 2.65. The number of ether oxygens (including phenoxy) is 1. The van der Waals surface area contributed by atoms with E-state index >= 15 is 0 Å². The average molecular weight is 282 g/mol. The van der Waals surface area contributed by atoms with Crippen molar-refractivity contribution in [1.29, 1.82) is 0 Å². The summed E-state index contributed by atoms with van der Waals surface area (Å²) >= 11 is 0. The molecule has 4 heteroatoms. The van der Waals surface area contributed by atoms with E-state index in [1.54, 1.807) is 0 Å². The highest BCUT2D eigenvalue weighted by atomic mass is 16.5. The Morgan fingerprint density at radius 2 is 2.00 bits per heavy atom. The highest BCUT2D eigenvalue weighted by Gasteiger charge is 2.17. The highest BCUT2D eigenvalue weighted by molar-refractivity contribution is 5.95. The van der Waals surface area contributed by atoms with Gasteiger partial charge in [-0.05, 0) is 36.1 Å². The molecule has 2 aromatic rings. The van der Waals surface area contributed by atoms with E-state index in [0.717, 1.165) is 18.4 Å². The summed E-state index contributed by atoms with van der Waals surface area (Å²) in [6.45, 7) is 0.0758. The largest absolute Gasteiger partial charge is 0.482 e. The van der Waals surface area contributed by atoms with Crippen molar-refractivity contribution in [1.82, 2.24) is 0 Å². The monoisotopic (exact) mass is 282 g/mol. The van der Waals surface area contributed by atoms with E-state index in [4.69, 9.17) is 10.5 Å². The normalized spacial score (nSPS) is 14.8. The Labute approximate surface area is 123 Å². The molecule has 1 aliphatic rings. The molecule has 1 heterocycles. The summed E-state index contributed by atoms with van der Waals surface area (Å²) in [7, 11) is 0. The number of nitrogens with one attached hydrogen (secondary N) is 1. The Kier molecular flexibility index (Phi) is 3.88. The zero-order chi connectivity index (χ0) is 14.7. The molecule has 3 rings (SSSR count). The van der Waals surface area contributed by atoms with E-state index in [-0.39, 0.29) is 18.6 Å². The number of carbonyl (C=O) groups is 1. The van der Waals surface area contributed by atoms with Crippen molar-refractivity contribution in [3.8, 4) is 5.75 Å². The number of amides is 1. The summed E-state index contributed by atoms with van der Waals surface area (Å²) < 4.78 is 5.35. The van der Waals surface area contributed by atoms with Crippen molar-refractivity contribution in [3.63, 3.8) is 0 Å². The second kappa shape index (κ2) is 5.97. The first-order chi connectivity index (χ1) is 10.2. The molecular weight excluding hydrogens is 264 g/mol. The summed E-state index contributed by atoms with van der Waals surface area (Å²) in [6.07, 6.45) is 1.79. The molecular formula is C17H18N2O2. The third-order valence-corrected chi connectivity index (χ3v) is 3.65. The van der Waals surface area contributed by atoms with Gasteiger partial charge in [-0.3, -0.25) is 4.79 Å². The van der Waals surface area contributed by atoms with Crippen LogP contribution in [-0.4, -0.2) is 12.5 Å². The zero-order valence-electron chi connectivity index (χ0n) is 11.7. The third kappa shape index (κ3) is 3.23. The molecule has 4 nitrogen and oxygen atoms in total. The molecule has 2 aromatic carbocycles. The van der Waals surface area contributed by atoms with Gasteiger partial charge in [0, 0.05) is 6.04 Å². The summed E-state index contributed by atoms with van der Waals surface area (Å²) in [5.41, 5.74) is 9.25. The Morgan fingerprint density at radius 1 is 1.19 bits per heavy atom. The molecule has 0 radical (unpaired) electrons. The van der Waals surface area contributed by atoms with E-state index < -0.39 is 0 Å². The first-order valence-electron chi connectivity index (χ1n) is 7.08. The van der Waals surface area contributed by atoms with Crippen LogP contribution >= 0.6 is 0 Å². The maximum absolute atomic E-state index is 11.4. The number of rotatable bonds is 4. The molecule has 0 aliphatic carbocycles. The van der Waals surface area contributed by atoms with Gasteiger partial charge in [0.1, 0.15) is 5.75 Å². The van der Waals surface area contributed by atoms with E-state index in [2.05, 4.69) is 17.4 Å². The Balaban J connectivity index is 1.69. The van der Waals surface area contributed by atoms with Gasteiger partial charge < -0.3 is 15.8 Å². The predicted molar refractivity (Wildman–Crippen MR) is 82.3 cm³/mol. The fraction of sp³-hybridized carbons (Fsp3) is 0.235. The van der Waals surface area contributed by atoms with Crippen LogP contribution in [0.3, 0.4) is 0 Å². The van der Waals surface area contributed by atoms with Gasteiger partial charge in [-0.25, -0.2) is 0 Å². The first-order valence-corrected chi connectivity index (χ1v) is 7.08. The highest BCUT2D eigenvalue weighted by Crippen LogP contribution is 2.31. The molecule has 0 saturated carbocycles. The average Bonchev–Trinajstić information content (AvgIpc) is 2.53. The number of aryl methyl sites for hydroxylation is 1. The van der Waals surface area contributed by atoms with Crippen LogP contribution in [0.1, 0.15) is 23.6 Å². The van der Waals surface area contributed by atoms with Crippen LogP contribution in [-0.2, 0) is 11.2 Å². The van der Waals surface area contributed by atoms with Crippen molar-refractivity contribution < 1.29 is 9.53 Å². The van der Waals surface area contributed by atoms with Gasteiger partial charge in [-0.2, -0.15) is 0 Å². The number of hydrogen-bond acceptors (Lipinski definition) is 3. The molecule has 0 aromatic heterocycles. The quantitative estimate of drug-likeness (QED) is 0.906. The summed E-state index contributed by atoms with van der Waals surface area (Å²) in [4.78, 5) is 11.4. The molecule has 1 aliphatic heterocycles. The zero-order valence-corrected chi connectivity index (χ0v) is 11.7. The second-order valence-corrected chi connectivity index (χ2v) is 5.22. The minimum Gasteiger partial charge on any atom is -0.482 e. The Hall–Kier alpha value is -2.33. The standard InChI is InChI=1S/C17H18N2O2/c18-14(8-6-12-4-2-1-3-5-12)13-7-9-16-15(10-13)19-17(20)11-21-16/h1-5,7,9-10,14H,6,8,11,18H2,(H,19,20). The maximum Gasteiger partial charge on any atom is 0.262 e. The number of anilines is 1. The number of carbonyl (C=O) groups excluding carboxylic acids is 1. The molecule has 1 unspecified atom stereocenters. The number of nitrogens with two attached hydrogens (primary N) is 1. The molecule has 0 bridgehead atoms. The van der Waals surface area contributed by atoms with Crippen molar-refractivity contribution >= 4 is 11.6 Å². The van der Waals surface area contributed by atoms with Gasteiger partial charge in [0.15, 0.2) is 6.61 Å². The smallest absolute Gasteiger partial charge is 0.262 e. The molecule has 0 saturated heterocycles. The lowest BCUT2D eigenvalue weighted by Gasteiger charge is -2.20. The Morgan fingerprint density at radius 3 is 2.81 bits per heavy atom. The SMILES string of the molecule is NC(CCc1ccccc1)c1ccc2c(c1)NC(=O)CO2. The van der Waals surface area contributed by atoms with E-state index in [1.165, 1.54) is 5.56 Å². The van der Waals surface area contributed by atoms with E-state index in [0.29, 0.717) is 11.4 Å². The molecule has 108 valence electrons. The maximum atomic E-state index is 11.4. The number of benzene rings is 2. The summed E-state index contributed by atoms with van der Waals surface area (Å²) in [5.74, 6) is 0.575. The minimum atomic E-state index is -0.127. The third-order valence-electron chi connectivity index (χ3n) is 3.65. The topological polar surface area (TPSA) is 64.3 Å².